The Bertz CT molecular complexity index is 632. The van der Waals surface area contributed by atoms with E-state index in [9.17, 15) is 4.79 Å². The zero-order chi connectivity index (χ0) is 14.7. The molecule has 0 aliphatic heterocycles. The Morgan fingerprint density at radius 3 is 2.85 bits per heavy atom. The van der Waals surface area contributed by atoms with Crippen molar-refractivity contribution < 1.29 is 4.79 Å². The first-order valence-electron chi connectivity index (χ1n) is 5.78. The second-order valence-corrected chi connectivity index (χ2v) is 6.15. The maximum atomic E-state index is 12.1. The van der Waals surface area contributed by atoms with Crippen LogP contribution in [0, 0.1) is 6.92 Å². The normalized spacial score (nSPS) is 12.2. The first-order chi connectivity index (χ1) is 9.47. The van der Waals surface area contributed by atoms with Crippen LogP contribution in [0.25, 0.3) is 0 Å². The summed E-state index contributed by atoms with van der Waals surface area (Å²) < 4.78 is 0. The number of thioether (sulfide) groups is 1. The van der Waals surface area contributed by atoms with Gasteiger partial charge in [-0.15, -0.1) is 5.10 Å². The molecule has 0 fully saturated rings. The van der Waals surface area contributed by atoms with Crippen molar-refractivity contribution in [2.75, 3.05) is 5.32 Å². The number of nitrogens with one attached hydrogen (secondary N) is 2. The third-order valence-electron chi connectivity index (χ3n) is 2.44. The Morgan fingerprint density at radius 2 is 2.20 bits per heavy atom. The maximum absolute atomic E-state index is 12.1. The van der Waals surface area contributed by atoms with E-state index in [2.05, 4.69) is 20.5 Å². The largest absolute Gasteiger partial charge is 0.324 e. The van der Waals surface area contributed by atoms with Gasteiger partial charge in [0, 0.05) is 0 Å². The molecule has 1 aromatic carbocycles. The van der Waals surface area contributed by atoms with Crippen LogP contribution in [0.1, 0.15) is 12.7 Å². The van der Waals surface area contributed by atoms with Gasteiger partial charge in [0.05, 0.1) is 21.0 Å². The molecule has 5 nitrogen and oxygen atoms in total. The Labute approximate surface area is 130 Å². The number of anilines is 1. The van der Waals surface area contributed by atoms with Crippen LogP contribution in [0.15, 0.2) is 23.4 Å². The van der Waals surface area contributed by atoms with Crippen molar-refractivity contribution in [1.29, 1.82) is 0 Å². The highest BCUT2D eigenvalue weighted by Gasteiger charge is 2.18. The van der Waals surface area contributed by atoms with Crippen molar-refractivity contribution in [1.82, 2.24) is 15.2 Å². The van der Waals surface area contributed by atoms with Crippen LogP contribution < -0.4 is 5.32 Å². The highest BCUT2D eigenvalue weighted by atomic mass is 35.5. The molecular formula is C12H12Cl2N4OS. The zero-order valence-electron chi connectivity index (χ0n) is 10.8. The fourth-order valence-electron chi connectivity index (χ4n) is 1.42. The van der Waals surface area contributed by atoms with Crippen molar-refractivity contribution in [3.8, 4) is 0 Å². The summed E-state index contributed by atoms with van der Waals surface area (Å²) in [6, 6.07) is 5.08. The standard InChI is InChI=1S/C12H12Cl2N4OS/c1-6(20-12-15-7(2)17-18-12)11(19)16-9-5-3-4-8(13)10(9)14/h3-6H,1-2H3,(H,16,19)(H,15,17,18). The van der Waals surface area contributed by atoms with Crippen LogP contribution in [0.3, 0.4) is 0 Å². The molecule has 1 aromatic heterocycles. The summed E-state index contributed by atoms with van der Waals surface area (Å²) in [5.41, 5.74) is 0.489. The van der Waals surface area contributed by atoms with Gasteiger partial charge in [0.2, 0.25) is 11.1 Å². The number of hydrogen-bond donors (Lipinski definition) is 2. The van der Waals surface area contributed by atoms with E-state index in [1.165, 1.54) is 11.8 Å². The van der Waals surface area contributed by atoms with Gasteiger partial charge in [0.15, 0.2) is 0 Å². The van der Waals surface area contributed by atoms with Crippen LogP contribution in [-0.4, -0.2) is 26.3 Å². The third-order valence-corrected chi connectivity index (χ3v) is 4.22. The molecule has 2 aromatic rings. The van der Waals surface area contributed by atoms with Crippen LogP contribution >= 0.6 is 35.0 Å². The first-order valence-corrected chi connectivity index (χ1v) is 7.41. The summed E-state index contributed by atoms with van der Waals surface area (Å²) >= 11 is 13.2. The summed E-state index contributed by atoms with van der Waals surface area (Å²) in [6.07, 6.45) is 0. The number of hydrogen-bond acceptors (Lipinski definition) is 4. The molecule has 0 aliphatic carbocycles. The Hall–Kier alpha value is -1.24. The Balaban J connectivity index is 2.02. The van der Waals surface area contributed by atoms with Gasteiger partial charge in [0.25, 0.3) is 0 Å². The van der Waals surface area contributed by atoms with Crippen LogP contribution in [0.2, 0.25) is 10.0 Å². The number of carbonyl (C=O) groups excluding carboxylic acids is 1. The van der Waals surface area contributed by atoms with E-state index in [1.54, 1.807) is 32.0 Å². The molecule has 0 aliphatic rings. The molecule has 0 saturated carbocycles. The van der Waals surface area contributed by atoms with Gasteiger partial charge < -0.3 is 5.32 Å². The third kappa shape index (κ3) is 3.65. The summed E-state index contributed by atoms with van der Waals surface area (Å²) in [7, 11) is 0. The molecule has 1 heterocycles. The second-order valence-electron chi connectivity index (χ2n) is 4.05. The highest BCUT2D eigenvalue weighted by Crippen LogP contribution is 2.30. The van der Waals surface area contributed by atoms with Crippen LogP contribution in [0.4, 0.5) is 5.69 Å². The average molecular weight is 331 g/mol. The minimum absolute atomic E-state index is 0.193. The molecule has 8 heteroatoms. The van der Waals surface area contributed by atoms with Gasteiger partial charge in [-0.1, -0.05) is 41.0 Å². The summed E-state index contributed by atoms with van der Waals surface area (Å²) in [4.78, 5) is 16.2. The molecule has 1 amide bonds. The zero-order valence-corrected chi connectivity index (χ0v) is 13.1. The SMILES string of the molecule is Cc1nc(SC(C)C(=O)Nc2cccc(Cl)c2Cl)n[nH]1. The fraction of sp³-hybridized carbons (Fsp3) is 0.250. The minimum Gasteiger partial charge on any atom is -0.324 e. The predicted octanol–water partition coefficient (Wildman–Crippen LogP) is 3.54. The van der Waals surface area contributed by atoms with E-state index >= 15 is 0 Å². The van der Waals surface area contributed by atoms with Crippen molar-refractivity contribution in [3.63, 3.8) is 0 Å². The number of aryl methyl sites for hydroxylation is 1. The number of amides is 1. The van der Waals surface area contributed by atoms with E-state index < -0.39 is 0 Å². The number of H-pyrrole nitrogens is 1. The molecule has 0 bridgehead atoms. The second kappa shape index (κ2) is 6.47. The van der Waals surface area contributed by atoms with Gasteiger partial charge in [-0.3, -0.25) is 9.89 Å². The molecule has 0 radical (unpaired) electrons. The summed E-state index contributed by atoms with van der Waals surface area (Å²) in [5.74, 6) is 0.514. The quantitative estimate of drug-likeness (QED) is 0.841. The molecule has 0 spiro atoms. The lowest BCUT2D eigenvalue weighted by atomic mass is 10.3. The van der Waals surface area contributed by atoms with Gasteiger partial charge in [-0.25, -0.2) is 4.98 Å². The van der Waals surface area contributed by atoms with Crippen molar-refractivity contribution in [3.05, 3.63) is 34.1 Å². The van der Waals surface area contributed by atoms with Crippen LogP contribution in [0.5, 0.6) is 0 Å². The fourth-order valence-corrected chi connectivity index (χ4v) is 2.54. The number of aromatic amines is 1. The average Bonchev–Trinajstić information content (AvgIpc) is 2.80. The highest BCUT2D eigenvalue weighted by molar-refractivity contribution is 8.00. The van der Waals surface area contributed by atoms with E-state index in [1.807, 2.05) is 0 Å². The number of nitrogens with zero attached hydrogens (tertiary/aromatic N) is 2. The molecule has 106 valence electrons. The monoisotopic (exact) mass is 330 g/mol. The van der Waals surface area contributed by atoms with E-state index in [-0.39, 0.29) is 11.2 Å². The number of benzene rings is 1. The molecule has 1 atom stereocenters. The van der Waals surface area contributed by atoms with Crippen molar-refractivity contribution >= 4 is 46.6 Å². The number of carbonyl (C=O) groups is 1. The molecule has 20 heavy (non-hydrogen) atoms. The Morgan fingerprint density at radius 1 is 1.45 bits per heavy atom. The van der Waals surface area contributed by atoms with Gasteiger partial charge in [-0.2, -0.15) is 0 Å². The predicted molar refractivity (Wildman–Crippen MR) is 81.5 cm³/mol. The van der Waals surface area contributed by atoms with E-state index in [4.69, 9.17) is 23.2 Å². The lowest BCUT2D eigenvalue weighted by Crippen LogP contribution is -2.22. The minimum atomic E-state index is -0.361. The van der Waals surface area contributed by atoms with Gasteiger partial charge in [-0.05, 0) is 26.0 Å². The number of halogens is 2. The van der Waals surface area contributed by atoms with Gasteiger partial charge >= 0.3 is 0 Å². The molecule has 0 saturated heterocycles. The van der Waals surface area contributed by atoms with Crippen molar-refractivity contribution in [2.24, 2.45) is 0 Å². The number of aromatic nitrogens is 3. The smallest absolute Gasteiger partial charge is 0.237 e. The van der Waals surface area contributed by atoms with E-state index in [0.29, 0.717) is 26.7 Å². The van der Waals surface area contributed by atoms with Gasteiger partial charge in [0.1, 0.15) is 5.82 Å². The topological polar surface area (TPSA) is 70.7 Å². The molecule has 2 N–H and O–H groups in total. The maximum Gasteiger partial charge on any atom is 0.237 e. The lowest BCUT2D eigenvalue weighted by Gasteiger charge is -2.11. The molecule has 2 rings (SSSR count). The summed E-state index contributed by atoms with van der Waals surface area (Å²) in [5, 5.41) is 10.3. The lowest BCUT2D eigenvalue weighted by molar-refractivity contribution is -0.115. The van der Waals surface area contributed by atoms with Crippen LogP contribution in [-0.2, 0) is 4.79 Å². The first kappa shape index (κ1) is 15.2. The molecule has 1 unspecified atom stereocenters. The van der Waals surface area contributed by atoms with E-state index in [0.717, 1.165) is 0 Å². The molecular weight excluding hydrogens is 319 g/mol. The number of rotatable bonds is 4. The van der Waals surface area contributed by atoms with Crippen molar-refractivity contribution in [2.45, 2.75) is 24.3 Å². The Kier molecular flexibility index (Phi) is 4.91. The summed E-state index contributed by atoms with van der Waals surface area (Å²) in [6.45, 7) is 3.57.